The zero-order valence-corrected chi connectivity index (χ0v) is 16.3. The van der Waals surface area contributed by atoms with E-state index in [1.54, 1.807) is 19.1 Å². The van der Waals surface area contributed by atoms with Crippen molar-refractivity contribution in [2.75, 3.05) is 25.0 Å². The summed E-state index contributed by atoms with van der Waals surface area (Å²) in [6, 6.07) is 13.8. The van der Waals surface area contributed by atoms with Gasteiger partial charge in [-0.1, -0.05) is 24.3 Å². The Morgan fingerprint density at radius 1 is 1.14 bits per heavy atom. The minimum absolute atomic E-state index is 0.0173. The Morgan fingerprint density at radius 2 is 1.83 bits per heavy atom. The number of hydrogen-bond acceptors (Lipinski definition) is 5. The number of likely N-dealkylation sites (tertiary alicyclic amines) is 1. The molecular formula is C21H24N4O4. The summed E-state index contributed by atoms with van der Waals surface area (Å²) < 4.78 is 0. The monoisotopic (exact) mass is 396 g/mol. The Balaban J connectivity index is 1.47. The van der Waals surface area contributed by atoms with Crippen LogP contribution in [0.3, 0.4) is 0 Å². The van der Waals surface area contributed by atoms with Crippen LogP contribution in [-0.2, 0) is 4.79 Å². The maximum atomic E-state index is 12.5. The lowest BCUT2D eigenvalue weighted by Gasteiger charge is -2.31. The smallest absolute Gasteiger partial charge is 0.273 e. The van der Waals surface area contributed by atoms with Gasteiger partial charge in [-0.2, -0.15) is 0 Å². The number of hydrogen-bond donors (Lipinski definition) is 2. The number of rotatable bonds is 6. The quantitative estimate of drug-likeness (QED) is 0.577. The van der Waals surface area contributed by atoms with Gasteiger partial charge in [-0.25, -0.2) is 0 Å². The topological polar surface area (TPSA) is 105 Å². The fourth-order valence-corrected chi connectivity index (χ4v) is 3.38. The van der Waals surface area contributed by atoms with Gasteiger partial charge >= 0.3 is 0 Å². The van der Waals surface area contributed by atoms with Gasteiger partial charge < -0.3 is 10.6 Å². The van der Waals surface area contributed by atoms with E-state index in [4.69, 9.17) is 0 Å². The van der Waals surface area contributed by atoms with Crippen molar-refractivity contribution in [1.82, 2.24) is 10.2 Å². The number of nitro groups is 1. The molecule has 1 aliphatic heterocycles. The molecular weight excluding hydrogens is 372 g/mol. The van der Waals surface area contributed by atoms with Crippen molar-refractivity contribution >= 4 is 23.2 Å². The predicted octanol–water partition coefficient (Wildman–Crippen LogP) is 2.74. The molecule has 8 heteroatoms. The molecule has 0 aromatic heterocycles. The number of carbonyl (C=O) groups is 2. The number of benzene rings is 2. The van der Waals surface area contributed by atoms with Crippen LogP contribution in [0.25, 0.3) is 0 Å². The van der Waals surface area contributed by atoms with Gasteiger partial charge in [0.2, 0.25) is 5.91 Å². The van der Waals surface area contributed by atoms with Crippen molar-refractivity contribution in [3.05, 3.63) is 69.8 Å². The summed E-state index contributed by atoms with van der Waals surface area (Å²) in [5.41, 5.74) is 1.52. The number of anilines is 1. The lowest BCUT2D eigenvalue weighted by atomic mass is 10.0. The molecule has 1 saturated heterocycles. The van der Waals surface area contributed by atoms with Gasteiger partial charge in [-0.3, -0.25) is 24.6 Å². The molecule has 3 rings (SSSR count). The van der Waals surface area contributed by atoms with Gasteiger partial charge in [0.25, 0.3) is 11.6 Å². The van der Waals surface area contributed by atoms with Gasteiger partial charge in [0.1, 0.15) is 0 Å². The summed E-state index contributed by atoms with van der Waals surface area (Å²) in [6.45, 7) is 3.34. The summed E-state index contributed by atoms with van der Waals surface area (Å²) in [7, 11) is 0. The first kappa shape index (κ1) is 20.5. The molecule has 2 amide bonds. The number of nitrogens with one attached hydrogen (secondary N) is 2. The summed E-state index contributed by atoms with van der Waals surface area (Å²) in [6.07, 6.45) is 1.44. The predicted molar refractivity (Wildman–Crippen MR) is 110 cm³/mol. The molecule has 152 valence electrons. The minimum atomic E-state index is -0.481. The van der Waals surface area contributed by atoms with E-state index in [1.165, 1.54) is 6.07 Å². The average Bonchev–Trinajstić information content (AvgIpc) is 2.70. The van der Waals surface area contributed by atoms with E-state index >= 15 is 0 Å². The zero-order valence-electron chi connectivity index (χ0n) is 16.3. The maximum Gasteiger partial charge on any atom is 0.273 e. The maximum absolute atomic E-state index is 12.5. The molecule has 0 aliphatic carbocycles. The van der Waals surface area contributed by atoms with Crippen LogP contribution in [0, 0.1) is 17.0 Å². The van der Waals surface area contributed by atoms with Crippen LogP contribution in [0.4, 0.5) is 11.4 Å². The van der Waals surface area contributed by atoms with Crippen LogP contribution in [0.5, 0.6) is 0 Å². The molecule has 8 nitrogen and oxygen atoms in total. The molecule has 1 fully saturated rings. The molecule has 2 aromatic carbocycles. The number of para-hydroxylation sites is 1. The first-order chi connectivity index (χ1) is 13.9. The fourth-order valence-electron chi connectivity index (χ4n) is 3.38. The van der Waals surface area contributed by atoms with E-state index in [-0.39, 0.29) is 29.1 Å². The summed E-state index contributed by atoms with van der Waals surface area (Å²) >= 11 is 0. The second-order valence-electron chi connectivity index (χ2n) is 7.20. The zero-order chi connectivity index (χ0) is 20.8. The molecule has 0 unspecified atom stereocenters. The number of amides is 2. The largest absolute Gasteiger partial charge is 0.349 e. The third-order valence-corrected chi connectivity index (χ3v) is 5.02. The number of nitro benzene ring substituents is 1. The van der Waals surface area contributed by atoms with Crippen LogP contribution < -0.4 is 10.6 Å². The van der Waals surface area contributed by atoms with Crippen LogP contribution >= 0.6 is 0 Å². The normalized spacial score (nSPS) is 14.9. The Labute approximate surface area is 169 Å². The molecule has 2 aromatic rings. The SMILES string of the molecule is Cc1ccc(C(=O)NC2CCN(CC(=O)Nc3ccccc3)CC2)cc1[N+](=O)[O-]. The third-order valence-electron chi connectivity index (χ3n) is 5.02. The number of nitrogens with zero attached hydrogens (tertiary/aromatic N) is 2. The van der Waals surface area contributed by atoms with Crippen molar-refractivity contribution in [3.63, 3.8) is 0 Å². The lowest BCUT2D eigenvalue weighted by Crippen LogP contribution is -2.46. The van der Waals surface area contributed by atoms with Crippen molar-refractivity contribution in [1.29, 1.82) is 0 Å². The Morgan fingerprint density at radius 3 is 2.48 bits per heavy atom. The Hall–Kier alpha value is -3.26. The standard InChI is InChI=1S/C21H24N4O4/c1-15-7-8-16(13-19(15)25(28)29)21(27)23-18-9-11-24(12-10-18)14-20(26)22-17-5-3-2-4-6-17/h2-8,13,18H,9-12,14H2,1H3,(H,22,26)(H,23,27). The molecule has 0 bridgehead atoms. The van der Waals surface area contributed by atoms with Gasteiger partial charge in [0.15, 0.2) is 0 Å². The molecule has 1 aliphatic rings. The highest BCUT2D eigenvalue weighted by Gasteiger charge is 2.23. The van der Waals surface area contributed by atoms with Crippen molar-refractivity contribution in [2.24, 2.45) is 0 Å². The van der Waals surface area contributed by atoms with E-state index in [1.807, 2.05) is 30.3 Å². The second-order valence-corrected chi connectivity index (χ2v) is 7.20. The summed E-state index contributed by atoms with van der Waals surface area (Å²) in [5, 5.41) is 16.9. The van der Waals surface area contributed by atoms with E-state index in [0.717, 1.165) is 18.5 Å². The highest BCUT2D eigenvalue weighted by molar-refractivity contribution is 5.95. The fraction of sp³-hybridized carbons (Fsp3) is 0.333. The van der Waals surface area contributed by atoms with E-state index < -0.39 is 4.92 Å². The van der Waals surface area contributed by atoms with Crippen molar-refractivity contribution < 1.29 is 14.5 Å². The summed E-state index contributed by atoms with van der Waals surface area (Å²) in [5.74, 6) is -0.376. The lowest BCUT2D eigenvalue weighted by molar-refractivity contribution is -0.385. The van der Waals surface area contributed by atoms with E-state index in [2.05, 4.69) is 15.5 Å². The molecule has 29 heavy (non-hydrogen) atoms. The first-order valence-corrected chi connectivity index (χ1v) is 9.55. The molecule has 0 atom stereocenters. The van der Waals surface area contributed by atoms with E-state index in [0.29, 0.717) is 25.2 Å². The molecule has 0 spiro atoms. The molecule has 0 radical (unpaired) electrons. The Kier molecular flexibility index (Phi) is 6.56. The third kappa shape index (κ3) is 5.61. The highest BCUT2D eigenvalue weighted by Crippen LogP contribution is 2.20. The summed E-state index contributed by atoms with van der Waals surface area (Å²) in [4.78, 5) is 37.2. The minimum Gasteiger partial charge on any atom is -0.349 e. The van der Waals surface area contributed by atoms with Crippen molar-refractivity contribution in [3.8, 4) is 0 Å². The highest BCUT2D eigenvalue weighted by atomic mass is 16.6. The Bertz CT molecular complexity index is 893. The van der Waals surface area contributed by atoms with Crippen LogP contribution in [0.2, 0.25) is 0 Å². The van der Waals surface area contributed by atoms with Gasteiger partial charge in [0, 0.05) is 42.0 Å². The first-order valence-electron chi connectivity index (χ1n) is 9.55. The molecule has 2 N–H and O–H groups in total. The number of aryl methyl sites for hydroxylation is 1. The van der Waals surface area contributed by atoms with Gasteiger partial charge in [-0.15, -0.1) is 0 Å². The molecule has 1 heterocycles. The number of piperidine rings is 1. The van der Waals surface area contributed by atoms with Crippen LogP contribution in [0.1, 0.15) is 28.8 Å². The van der Waals surface area contributed by atoms with Crippen molar-refractivity contribution in [2.45, 2.75) is 25.8 Å². The molecule has 0 saturated carbocycles. The van der Waals surface area contributed by atoms with Crippen LogP contribution in [-0.4, -0.2) is 47.3 Å². The average molecular weight is 396 g/mol. The number of carbonyl (C=O) groups excluding carboxylic acids is 2. The van der Waals surface area contributed by atoms with Gasteiger partial charge in [0.05, 0.1) is 11.5 Å². The van der Waals surface area contributed by atoms with E-state index in [9.17, 15) is 19.7 Å². The van der Waals surface area contributed by atoms with Gasteiger partial charge in [-0.05, 0) is 38.0 Å². The van der Waals surface area contributed by atoms with Crippen LogP contribution in [0.15, 0.2) is 48.5 Å². The second kappa shape index (κ2) is 9.29.